The molecule has 3 rings (SSSR count). The Morgan fingerprint density at radius 3 is 2.25 bits per heavy atom. The maximum atomic E-state index is 11.4. The number of hydrogen-bond acceptors (Lipinski definition) is 2. The highest BCUT2D eigenvalue weighted by molar-refractivity contribution is 7.10. The van der Waals surface area contributed by atoms with E-state index in [1.807, 2.05) is 36.4 Å². The maximum Gasteiger partial charge on any atom is 0.129 e. The van der Waals surface area contributed by atoms with Gasteiger partial charge >= 0.3 is 0 Å². The van der Waals surface area contributed by atoms with Gasteiger partial charge in [-0.15, -0.1) is 11.3 Å². The van der Waals surface area contributed by atoms with E-state index >= 15 is 0 Å². The van der Waals surface area contributed by atoms with Crippen LogP contribution in [0.25, 0.3) is 0 Å². The summed E-state index contributed by atoms with van der Waals surface area (Å²) in [5.41, 5.74) is 0.162. The van der Waals surface area contributed by atoms with Crippen LogP contribution in [0.5, 0.6) is 0 Å². The van der Waals surface area contributed by atoms with Gasteiger partial charge in [0.1, 0.15) is 31.8 Å². The molecule has 0 aliphatic carbocycles. The Balaban J connectivity index is 0.00000144. The zero-order valence-corrected chi connectivity index (χ0v) is 16.3. The van der Waals surface area contributed by atoms with Crippen LogP contribution in [-0.4, -0.2) is 44.9 Å². The molecule has 1 atom stereocenters. The third-order valence-electron chi connectivity index (χ3n) is 4.83. The number of quaternary nitrogens is 2. The van der Waals surface area contributed by atoms with Gasteiger partial charge in [0.2, 0.25) is 0 Å². The molecule has 0 radical (unpaired) electrons. The molecule has 1 aliphatic heterocycles. The summed E-state index contributed by atoms with van der Waals surface area (Å²) in [6.45, 7) is 5.91. The molecule has 3 nitrogen and oxygen atoms in total. The first-order valence-corrected chi connectivity index (χ1v) is 9.03. The van der Waals surface area contributed by atoms with Crippen LogP contribution < -0.4 is 34.6 Å². The first kappa shape index (κ1) is 21.4. The monoisotopic (exact) mass is 388 g/mol. The fraction of sp³-hybridized carbons (Fsp3) is 0.444. The normalized spacial score (nSPS) is 22.8. The number of rotatable bonds is 5. The SMILES string of the molecule is C[NH+]1CC[NH+](CCC(O)(c2ccccc2)c2cccs2)CC1.[Cl-].[Cl-]. The minimum Gasteiger partial charge on any atom is -1.00 e. The standard InChI is InChI=1S/C18H24N2OS.2ClH/c1-19-11-13-20(14-12-19)10-9-18(21,17-8-5-15-22-17)16-6-3-2-4-7-16;;/h2-8,15,21H,9-14H2,1H3;2*1H. The molecule has 1 fully saturated rings. The topological polar surface area (TPSA) is 29.1 Å². The molecule has 0 bridgehead atoms. The molecule has 1 unspecified atom stereocenters. The number of halogens is 2. The highest BCUT2D eigenvalue weighted by Gasteiger charge is 2.34. The van der Waals surface area contributed by atoms with E-state index in [0.29, 0.717) is 0 Å². The minimum absolute atomic E-state index is 0. The van der Waals surface area contributed by atoms with Crippen molar-refractivity contribution in [1.29, 1.82) is 0 Å². The largest absolute Gasteiger partial charge is 1.00 e. The molecular formula is C18H26Cl2N2OS. The van der Waals surface area contributed by atoms with Crippen LogP contribution in [0.4, 0.5) is 0 Å². The lowest BCUT2D eigenvalue weighted by atomic mass is 9.88. The van der Waals surface area contributed by atoms with Crippen molar-refractivity contribution in [1.82, 2.24) is 0 Å². The Kier molecular flexibility index (Phi) is 8.71. The molecule has 3 N–H and O–H groups in total. The van der Waals surface area contributed by atoms with Crippen LogP contribution in [0.2, 0.25) is 0 Å². The van der Waals surface area contributed by atoms with E-state index in [2.05, 4.69) is 18.5 Å². The quantitative estimate of drug-likeness (QED) is 0.467. The predicted molar refractivity (Wildman–Crippen MR) is 90.6 cm³/mol. The van der Waals surface area contributed by atoms with Crippen molar-refractivity contribution < 1.29 is 39.7 Å². The van der Waals surface area contributed by atoms with E-state index in [4.69, 9.17) is 0 Å². The molecule has 24 heavy (non-hydrogen) atoms. The smallest absolute Gasteiger partial charge is 0.129 e. The third kappa shape index (κ3) is 4.94. The van der Waals surface area contributed by atoms with Crippen molar-refractivity contribution in [3.8, 4) is 0 Å². The molecule has 1 aliphatic rings. The molecule has 6 heteroatoms. The second-order valence-corrected chi connectivity index (χ2v) is 7.36. The summed E-state index contributed by atoms with van der Waals surface area (Å²) in [6.07, 6.45) is 0.784. The van der Waals surface area contributed by atoms with E-state index in [0.717, 1.165) is 23.4 Å². The Hall–Kier alpha value is -0.620. The van der Waals surface area contributed by atoms with Gasteiger partial charge in [0.05, 0.1) is 13.6 Å². The van der Waals surface area contributed by atoms with E-state index in [1.165, 1.54) is 26.2 Å². The second-order valence-electron chi connectivity index (χ2n) is 6.41. The molecule has 1 saturated heterocycles. The summed E-state index contributed by atoms with van der Waals surface area (Å²) >= 11 is 1.65. The van der Waals surface area contributed by atoms with Crippen LogP contribution >= 0.6 is 11.3 Å². The van der Waals surface area contributed by atoms with Crippen LogP contribution in [0, 0.1) is 0 Å². The molecule has 134 valence electrons. The summed E-state index contributed by atoms with van der Waals surface area (Å²) in [6, 6.07) is 14.2. The van der Waals surface area contributed by atoms with Crippen LogP contribution in [0.15, 0.2) is 47.8 Å². The van der Waals surface area contributed by atoms with Gasteiger partial charge in [0.25, 0.3) is 0 Å². The van der Waals surface area contributed by atoms with Crippen molar-refractivity contribution in [2.45, 2.75) is 12.0 Å². The number of piperazine rings is 1. The minimum atomic E-state index is -0.849. The zero-order valence-electron chi connectivity index (χ0n) is 14.0. The van der Waals surface area contributed by atoms with Gasteiger partial charge in [0, 0.05) is 11.3 Å². The van der Waals surface area contributed by atoms with Crippen molar-refractivity contribution in [3.05, 3.63) is 58.3 Å². The molecule has 0 spiro atoms. The highest BCUT2D eigenvalue weighted by Crippen LogP contribution is 2.35. The Bertz CT molecular complexity index is 574. The first-order chi connectivity index (χ1) is 10.7. The zero-order chi connectivity index (χ0) is 15.4. The van der Waals surface area contributed by atoms with Gasteiger partial charge in [-0.2, -0.15) is 0 Å². The van der Waals surface area contributed by atoms with Gasteiger partial charge < -0.3 is 39.7 Å². The van der Waals surface area contributed by atoms with Gasteiger partial charge in [-0.1, -0.05) is 36.4 Å². The molecule has 1 aromatic heterocycles. The van der Waals surface area contributed by atoms with Crippen LogP contribution in [0.3, 0.4) is 0 Å². The van der Waals surface area contributed by atoms with E-state index in [1.54, 1.807) is 21.1 Å². The Labute approximate surface area is 161 Å². The van der Waals surface area contributed by atoms with Crippen molar-refractivity contribution in [3.63, 3.8) is 0 Å². The van der Waals surface area contributed by atoms with E-state index in [-0.39, 0.29) is 24.8 Å². The molecule has 2 heterocycles. The fourth-order valence-corrected chi connectivity index (χ4v) is 4.15. The Morgan fingerprint density at radius 1 is 1.00 bits per heavy atom. The molecule has 0 saturated carbocycles. The van der Waals surface area contributed by atoms with Crippen LogP contribution in [0.1, 0.15) is 16.9 Å². The van der Waals surface area contributed by atoms with Crippen LogP contribution in [-0.2, 0) is 5.60 Å². The fourth-order valence-electron chi connectivity index (χ4n) is 3.28. The molecule has 0 amide bonds. The van der Waals surface area contributed by atoms with Gasteiger partial charge in [-0.05, 0) is 17.0 Å². The number of benzene rings is 1. The number of hydrogen-bond donors (Lipinski definition) is 3. The van der Waals surface area contributed by atoms with Gasteiger partial charge in [0.15, 0.2) is 0 Å². The molecular weight excluding hydrogens is 363 g/mol. The average Bonchev–Trinajstić information content (AvgIpc) is 3.10. The number of aliphatic hydroxyl groups is 1. The molecule has 2 aromatic rings. The second kappa shape index (κ2) is 9.76. The lowest BCUT2D eigenvalue weighted by molar-refractivity contribution is -1.00. The summed E-state index contributed by atoms with van der Waals surface area (Å²) < 4.78 is 0. The van der Waals surface area contributed by atoms with Crippen molar-refractivity contribution >= 4 is 11.3 Å². The highest BCUT2D eigenvalue weighted by atomic mass is 35.5. The number of nitrogens with one attached hydrogen (secondary N) is 2. The van der Waals surface area contributed by atoms with Gasteiger partial charge in [-0.25, -0.2) is 0 Å². The number of likely N-dealkylation sites (N-methyl/N-ethyl adjacent to an activating group) is 1. The summed E-state index contributed by atoms with van der Waals surface area (Å²) in [4.78, 5) is 4.30. The van der Waals surface area contributed by atoms with Crippen molar-refractivity contribution in [2.75, 3.05) is 39.8 Å². The summed E-state index contributed by atoms with van der Waals surface area (Å²) in [7, 11) is 2.27. The average molecular weight is 389 g/mol. The van der Waals surface area contributed by atoms with Gasteiger partial charge in [-0.3, -0.25) is 0 Å². The maximum absolute atomic E-state index is 11.4. The first-order valence-electron chi connectivity index (χ1n) is 8.15. The predicted octanol–water partition coefficient (Wildman–Crippen LogP) is -6.20. The Morgan fingerprint density at radius 2 is 1.67 bits per heavy atom. The molecule has 1 aromatic carbocycles. The summed E-state index contributed by atoms with van der Waals surface area (Å²) in [5.74, 6) is 0. The van der Waals surface area contributed by atoms with E-state index < -0.39 is 5.60 Å². The number of thiophene rings is 1. The van der Waals surface area contributed by atoms with Crippen molar-refractivity contribution in [2.24, 2.45) is 0 Å². The third-order valence-corrected chi connectivity index (χ3v) is 5.85. The lowest BCUT2D eigenvalue weighted by Crippen LogP contribution is -3.27. The summed E-state index contributed by atoms with van der Waals surface area (Å²) in [5, 5.41) is 13.5. The van der Waals surface area contributed by atoms with E-state index in [9.17, 15) is 5.11 Å². The lowest BCUT2D eigenvalue weighted by Gasteiger charge is -2.32.